The number of halogens is 3. The second-order valence-electron chi connectivity index (χ2n) is 4.91. The van der Waals surface area contributed by atoms with E-state index in [1.165, 1.54) is 13.8 Å². The molecule has 0 bridgehead atoms. The van der Waals surface area contributed by atoms with E-state index in [0.717, 1.165) is 24.3 Å². The second kappa shape index (κ2) is 5.15. The zero-order valence-corrected chi connectivity index (χ0v) is 10.7. The van der Waals surface area contributed by atoms with Gasteiger partial charge in [0.25, 0.3) is 0 Å². The Balaban J connectivity index is 3.21. The zero-order chi connectivity index (χ0) is 15.7. The normalized spacial score (nSPS) is 12.5. The van der Waals surface area contributed by atoms with Gasteiger partial charge in [0.1, 0.15) is 0 Å². The van der Waals surface area contributed by atoms with Crippen LogP contribution in [0.3, 0.4) is 0 Å². The largest absolute Gasteiger partial charge is 0.481 e. The number of hydrogen-bond donors (Lipinski definition) is 2. The minimum absolute atomic E-state index is 0.209. The zero-order valence-electron chi connectivity index (χ0n) is 10.7. The predicted octanol–water partition coefficient (Wildman–Crippen LogP) is 2.77. The van der Waals surface area contributed by atoms with Gasteiger partial charge in [-0.1, -0.05) is 26.0 Å². The molecule has 0 aliphatic heterocycles. The summed E-state index contributed by atoms with van der Waals surface area (Å²) in [6, 6.07) is 3.80. The van der Waals surface area contributed by atoms with Crippen molar-refractivity contribution in [2.45, 2.75) is 25.4 Å². The van der Waals surface area contributed by atoms with E-state index in [1.54, 1.807) is 0 Å². The molecule has 0 radical (unpaired) electrons. The quantitative estimate of drug-likeness (QED) is 0.836. The van der Waals surface area contributed by atoms with Gasteiger partial charge in [0.2, 0.25) is 0 Å². The molecule has 110 valence electrons. The number of carbonyl (C=O) groups is 2. The Hall–Kier alpha value is -2.05. The Labute approximate surface area is 112 Å². The molecule has 0 heterocycles. The lowest BCUT2D eigenvalue weighted by Gasteiger charge is -2.29. The average Bonchev–Trinajstić information content (AvgIpc) is 2.26. The molecule has 2 N–H and O–H groups in total. The molecule has 0 unspecified atom stereocenters. The average molecular weight is 290 g/mol. The number of hydrogen-bond acceptors (Lipinski definition) is 2. The van der Waals surface area contributed by atoms with Gasteiger partial charge in [-0.2, -0.15) is 13.2 Å². The SMILES string of the molecule is CC(C)(c1ccc(C(F)(F)F)cc1)C(C(=O)O)C(=O)O. The van der Waals surface area contributed by atoms with Gasteiger partial charge in [-0.3, -0.25) is 9.59 Å². The van der Waals surface area contributed by atoms with Crippen LogP contribution in [0, 0.1) is 5.92 Å². The lowest BCUT2D eigenvalue weighted by atomic mass is 9.73. The van der Waals surface area contributed by atoms with E-state index >= 15 is 0 Å². The highest BCUT2D eigenvalue weighted by atomic mass is 19.4. The number of rotatable bonds is 4. The van der Waals surface area contributed by atoms with E-state index < -0.39 is 35.0 Å². The van der Waals surface area contributed by atoms with Gasteiger partial charge >= 0.3 is 18.1 Å². The van der Waals surface area contributed by atoms with E-state index in [9.17, 15) is 22.8 Å². The fraction of sp³-hybridized carbons (Fsp3) is 0.385. The first kappa shape index (κ1) is 16.0. The van der Waals surface area contributed by atoms with Gasteiger partial charge in [-0.15, -0.1) is 0 Å². The van der Waals surface area contributed by atoms with Crippen LogP contribution in [-0.2, 0) is 21.2 Å². The summed E-state index contributed by atoms with van der Waals surface area (Å²) in [5.41, 5.74) is -2.01. The van der Waals surface area contributed by atoms with E-state index in [-0.39, 0.29) is 5.56 Å². The van der Waals surface area contributed by atoms with Crippen LogP contribution >= 0.6 is 0 Å². The Morgan fingerprint density at radius 2 is 1.30 bits per heavy atom. The molecule has 0 saturated heterocycles. The molecule has 0 aliphatic rings. The molecule has 4 nitrogen and oxygen atoms in total. The van der Waals surface area contributed by atoms with E-state index in [4.69, 9.17) is 10.2 Å². The first-order chi connectivity index (χ1) is 8.98. The van der Waals surface area contributed by atoms with Gasteiger partial charge in [0.05, 0.1) is 5.56 Å². The van der Waals surface area contributed by atoms with Gasteiger partial charge in [0.15, 0.2) is 5.92 Å². The molecule has 0 saturated carbocycles. The van der Waals surface area contributed by atoms with Crippen molar-refractivity contribution in [2.24, 2.45) is 5.92 Å². The van der Waals surface area contributed by atoms with Crippen molar-refractivity contribution < 1.29 is 33.0 Å². The molecule has 0 aliphatic carbocycles. The topological polar surface area (TPSA) is 74.6 Å². The third kappa shape index (κ3) is 3.09. The standard InChI is InChI=1S/C13H13F3O4/c1-12(2,9(10(17)18)11(19)20)7-3-5-8(6-4-7)13(14,15)16/h3-6,9H,1-2H3,(H,17,18)(H,19,20). The van der Waals surface area contributed by atoms with Crippen LogP contribution < -0.4 is 0 Å². The molecule has 20 heavy (non-hydrogen) atoms. The van der Waals surface area contributed by atoms with Gasteiger partial charge in [0, 0.05) is 5.41 Å². The first-order valence-electron chi connectivity index (χ1n) is 5.61. The molecular weight excluding hydrogens is 277 g/mol. The summed E-state index contributed by atoms with van der Waals surface area (Å²) < 4.78 is 37.3. The van der Waals surface area contributed by atoms with Crippen LogP contribution in [0.25, 0.3) is 0 Å². The van der Waals surface area contributed by atoms with Crippen molar-refractivity contribution in [3.05, 3.63) is 35.4 Å². The van der Waals surface area contributed by atoms with Crippen molar-refractivity contribution in [3.63, 3.8) is 0 Å². The molecule has 0 amide bonds. The second-order valence-corrected chi connectivity index (χ2v) is 4.91. The molecule has 1 aromatic rings. The highest BCUT2D eigenvalue weighted by Crippen LogP contribution is 2.35. The molecule has 7 heteroatoms. The summed E-state index contributed by atoms with van der Waals surface area (Å²) in [4.78, 5) is 22.1. The summed E-state index contributed by atoms with van der Waals surface area (Å²) in [7, 11) is 0. The fourth-order valence-electron chi connectivity index (χ4n) is 1.98. The molecule has 1 aromatic carbocycles. The third-order valence-electron chi connectivity index (χ3n) is 3.17. The number of benzene rings is 1. The van der Waals surface area contributed by atoms with Crippen LogP contribution in [0.4, 0.5) is 13.2 Å². The maximum Gasteiger partial charge on any atom is 0.416 e. The van der Waals surface area contributed by atoms with E-state index in [0.29, 0.717) is 0 Å². The van der Waals surface area contributed by atoms with Crippen molar-refractivity contribution in [1.82, 2.24) is 0 Å². The Morgan fingerprint density at radius 1 is 0.950 bits per heavy atom. The number of alkyl halides is 3. The maximum absolute atomic E-state index is 12.4. The van der Waals surface area contributed by atoms with Crippen molar-refractivity contribution in [3.8, 4) is 0 Å². The van der Waals surface area contributed by atoms with Crippen LogP contribution in [0.15, 0.2) is 24.3 Å². The summed E-state index contributed by atoms with van der Waals surface area (Å²) in [6.45, 7) is 2.73. The van der Waals surface area contributed by atoms with Gasteiger partial charge in [-0.25, -0.2) is 0 Å². The van der Waals surface area contributed by atoms with Crippen molar-refractivity contribution >= 4 is 11.9 Å². The first-order valence-corrected chi connectivity index (χ1v) is 5.61. The third-order valence-corrected chi connectivity index (χ3v) is 3.17. The minimum atomic E-state index is -4.50. The summed E-state index contributed by atoms with van der Waals surface area (Å²) in [5, 5.41) is 17.9. The van der Waals surface area contributed by atoms with E-state index in [2.05, 4.69) is 0 Å². The highest BCUT2D eigenvalue weighted by molar-refractivity contribution is 5.94. The summed E-state index contributed by atoms with van der Waals surface area (Å²) in [6.07, 6.45) is -4.50. The predicted molar refractivity (Wildman–Crippen MR) is 63.2 cm³/mol. The smallest absolute Gasteiger partial charge is 0.416 e. The fourth-order valence-corrected chi connectivity index (χ4v) is 1.98. The Bertz CT molecular complexity index is 503. The van der Waals surface area contributed by atoms with Crippen LogP contribution in [0.1, 0.15) is 25.0 Å². The van der Waals surface area contributed by atoms with Crippen molar-refractivity contribution in [2.75, 3.05) is 0 Å². The maximum atomic E-state index is 12.4. The van der Waals surface area contributed by atoms with Crippen LogP contribution in [0.2, 0.25) is 0 Å². The Kier molecular flexibility index (Phi) is 4.12. The summed E-state index contributed by atoms with van der Waals surface area (Å²) in [5.74, 6) is -4.83. The van der Waals surface area contributed by atoms with E-state index in [1.807, 2.05) is 0 Å². The van der Waals surface area contributed by atoms with Gasteiger partial charge in [-0.05, 0) is 17.7 Å². The van der Waals surface area contributed by atoms with Crippen LogP contribution in [-0.4, -0.2) is 22.2 Å². The van der Waals surface area contributed by atoms with Crippen LogP contribution in [0.5, 0.6) is 0 Å². The molecule has 0 atom stereocenters. The monoisotopic (exact) mass is 290 g/mol. The summed E-state index contributed by atoms with van der Waals surface area (Å²) >= 11 is 0. The van der Waals surface area contributed by atoms with Crippen molar-refractivity contribution in [1.29, 1.82) is 0 Å². The number of aliphatic carboxylic acids is 2. The molecule has 1 rings (SSSR count). The lowest BCUT2D eigenvalue weighted by molar-refractivity contribution is -0.157. The molecule has 0 aromatic heterocycles. The molecular formula is C13H13F3O4. The Morgan fingerprint density at radius 3 is 1.60 bits per heavy atom. The number of carboxylic acid groups (broad SMARTS) is 2. The molecule has 0 fully saturated rings. The minimum Gasteiger partial charge on any atom is -0.481 e. The van der Waals surface area contributed by atoms with Gasteiger partial charge < -0.3 is 10.2 Å². The highest BCUT2D eigenvalue weighted by Gasteiger charge is 2.42. The lowest BCUT2D eigenvalue weighted by Crippen LogP contribution is -2.40. The number of carboxylic acids is 2. The molecule has 0 spiro atoms.